The highest BCUT2D eigenvalue weighted by atomic mass is 79.9. The lowest BCUT2D eigenvalue weighted by Crippen LogP contribution is -2.14. The summed E-state index contributed by atoms with van der Waals surface area (Å²) in [6, 6.07) is 7.00. The van der Waals surface area contributed by atoms with Gasteiger partial charge in [-0.3, -0.25) is 9.59 Å². The lowest BCUT2D eigenvalue weighted by Gasteiger charge is -2.06. The summed E-state index contributed by atoms with van der Waals surface area (Å²) in [7, 11) is 0. The quantitative estimate of drug-likeness (QED) is 0.856. The Morgan fingerprint density at radius 2 is 2.00 bits per heavy atom. The second-order valence-electron chi connectivity index (χ2n) is 3.35. The van der Waals surface area contributed by atoms with Gasteiger partial charge in [0.2, 0.25) is 0 Å². The molecule has 0 saturated heterocycles. The van der Waals surface area contributed by atoms with Crippen LogP contribution in [0.25, 0.3) is 0 Å². The topological polar surface area (TPSA) is 54.4 Å². The van der Waals surface area contributed by atoms with Gasteiger partial charge >= 0.3 is 5.97 Å². The fourth-order valence-electron chi connectivity index (χ4n) is 1.16. The van der Waals surface area contributed by atoms with Gasteiger partial charge in [0, 0.05) is 16.5 Å². The van der Waals surface area contributed by atoms with Crippen LogP contribution in [0.2, 0.25) is 0 Å². The summed E-state index contributed by atoms with van der Waals surface area (Å²) in [6.45, 7) is 1.52. The molecule has 4 heteroatoms. The van der Waals surface area contributed by atoms with E-state index in [1.54, 1.807) is 18.2 Å². The summed E-state index contributed by atoms with van der Waals surface area (Å²) in [5, 5.41) is 8.68. The van der Waals surface area contributed by atoms with Crippen LogP contribution < -0.4 is 0 Å². The minimum Gasteiger partial charge on any atom is -0.481 e. The third-order valence-corrected chi connectivity index (χ3v) is 2.78. The van der Waals surface area contributed by atoms with Crippen molar-refractivity contribution in [3.63, 3.8) is 0 Å². The Balaban J connectivity index is 2.78. The Morgan fingerprint density at radius 1 is 1.40 bits per heavy atom. The number of halogens is 1. The molecule has 0 amide bonds. The van der Waals surface area contributed by atoms with E-state index in [0.29, 0.717) is 10.0 Å². The van der Waals surface area contributed by atoms with Crippen molar-refractivity contribution in [2.45, 2.75) is 13.3 Å². The molecule has 0 spiro atoms. The highest BCUT2D eigenvalue weighted by Crippen LogP contribution is 2.19. The molecule has 1 aromatic rings. The number of carboxylic acids is 1. The number of carboxylic acid groups (broad SMARTS) is 1. The van der Waals surface area contributed by atoms with Crippen LogP contribution >= 0.6 is 15.9 Å². The van der Waals surface area contributed by atoms with E-state index >= 15 is 0 Å². The predicted octanol–water partition coefficient (Wildman–Crippen LogP) is 2.74. The summed E-state index contributed by atoms with van der Waals surface area (Å²) >= 11 is 3.26. The number of ketones is 1. The Morgan fingerprint density at radius 3 is 2.53 bits per heavy atom. The van der Waals surface area contributed by atoms with Gasteiger partial charge in [-0.05, 0) is 6.07 Å². The Hall–Kier alpha value is -1.16. The second kappa shape index (κ2) is 5.07. The highest BCUT2D eigenvalue weighted by molar-refractivity contribution is 9.10. The van der Waals surface area contributed by atoms with Gasteiger partial charge in [0.25, 0.3) is 0 Å². The Bertz CT molecular complexity index is 387. The summed E-state index contributed by atoms with van der Waals surface area (Å²) in [5.41, 5.74) is 0.533. The maximum Gasteiger partial charge on any atom is 0.306 e. The molecule has 1 aromatic carbocycles. The molecule has 0 aliphatic rings. The molecule has 1 unspecified atom stereocenters. The smallest absolute Gasteiger partial charge is 0.306 e. The average Bonchev–Trinajstić information content (AvgIpc) is 2.18. The molecule has 1 N–H and O–H groups in total. The average molecular weight is 271 g/mol. The summed E-state index contributed by atoms with van der Waals surface area (Å²) < 4.78 is 0.701. The fourth-order valence-corrected chi connectivity index (χ4v) is 1.67. The zero-order valence-electron chi connectivity index (χ0n) is 8.24. The molecule has 0 fully saturated rings. The largest absolute Gasteiger partial charge is 0.481 e. The second-order valence-corrected chi connectivity index (χ2v) is 4.20. The van der Waals surface area contributed by atoms with Gasteiger partial charge in [-0.1, -0.05) is 41.1 Å². The van der Waals surface area contributed by atoms with E-state index in [4.69, 9.17) is 5.11 Å². The first-order valence-corrected chi connectivity index (χ1v) is 5.32. The summed E-state index contributed by atoms with van der Waals surface area (Å²) in [5.74, 6) is -1.75. The molecular formula is C11H11BrO3. The van der Waals surface area contributed by atoms with Gasteiger partial charge in [-0.15, -0.1) is 0 Å². The van der Waals surface area contributed by atoms with Gasteiger partial charge in [0.05, 0.1) is 5.92 Å². The highest BCUT2D eigenvalue weighted by Gasteiger charge is 2.18. The van der Waals surface area contributed by atoms with E-state index in [9.17, 15) is 9.59 Å². The SMILES string of the molecule is CC(CC(=O)c1ccccc1Br)C(=O)O. The zero-order chi connectivity index (χ0) is 11.4. The van der Waals surface area contributed by atoms with Gasteiger partial charge in [0.15, 0.2) is 5.78 Å². The van der Waals surface area contributed by atoms with E-state index in [2.05, 4.69) is 15.9 Å². The predicted molar refractivity (Wildman–Crippen MR) is 59.9 cm³/mol. The van der Waals surface area contributed by atoms with Crippen molar-refractivity contribution in [2.24, 2.45) is 5.92 Å². The van der Waals surface area contributed by atoms with Crippen LogP contribution in [0.3, 0.4) is 0 Å². The molecule has 0 heterocycles. The van der Waals surface area contributed by atoms with Gasteiger partial charge < -0.3 is 5.11 Å². The van der Waals surface area contributed by atoms with Gasteiger partial charge in [-0.25, -0.2) is 0 Å². The van der Waals surface area contributed by atoms with Crippen molar-refractivity contribution in [1.29, 1.82) is 0 Å². The minimum atomic E-state index is -0.949. The molecule has 0 aromatic heterocycles. The van der Waals surface area contributed by atoms with Crippen LogP contribution in [0.4, 0.5) is 0 Å². The van der Waals surface area contributed by atoms with Crippen molar-refractivity contribution in [3.05, 3.63) is 34.3 Å². The summed E-state index contributed by atoms with van der Waals surface area (Å²) in [4.78, 5) is 22.3. The Labute approximate surface area is 96.2 Å². The lowest BCUT2D eigenvalue weighted by atomic mass is 10.00. The zero-order valence-corrected chi connectivity index (χ0v) is 9.82. The molecular weight excluding hydrogens is 260 g/mol. The number of benzene rings is 1. The van der Waals surface area contributed by atoms with Crippen molar-refractivity contribution in [1.82, 2.24) is 0 Å². The first kappa shape index (κ1) is 11.9. The number of carbonyl (C=O) groups is 2. The normalized spacial score (nSPS) is 12.1. The monoisotopic (exact) mass is 270 g/mol. The molecule has 3 nitrogen and oxygen atoms in total. The number of hydrogen-bond donors (Lipinski definition) is 1. The standard InChI is InChI=1S/C11H11BrO3/c1-7(11(14)15)6-10(13)8-4-2-3-5-9(8)12/h2-5,7H,6H2,1H3,(H,14,15). The van der Waals surface area contributed by atoms with E-state index in [1.807, 2.05) is 6.07 Å². The van der Waals surface area contributed by atoms with Crippen molar-refractivity contribution < 1.29 is 14.7 Å². The van der Waals surface area contributed by atoms with Gasteiger partial charge in [0.1, 0.15) is 0 Å². The molecule has 0 saturated carbocycles. The molecule has 15 heavy (non-hydrogen) atoms. The molecule has 1 rings (SSSR count). The van der Waals surface area contributed by atoms with Crippen molar-refractivity contribution >= 4 is 27.7 Å². The minimum absolute atomic E-state index is 0.0257. The first-order chi connectivity index (χ1) is 7.02. The molecule has 0 radical (unpaired) electrons. The molecule has 0 bridgehead atoms. The van der Waals surface area contributed by atoms with Crippen molar-refractivity contribution in [3.8, 4) is 0 Å². The number of Topliss-reactive ketones (excluding diaryl/α,β-unsaturated/α-hetero) is 1. The number of rotatable bonds is 4. The number of hydrogen-bond acceptors (Lipinski definition) is 2. The van der Waals surface area contributed by atoms with Crippen LogP contribution in [-0.2, 0) is 4.79 Å². The lowest BCUT2D eigenvalue weighted by molar-refractivity contribution is -0.141. The van der Waals surface area contributed by atoms with Crippen LogP contribution in [-0.4, -0.2) is 16.9 Å². The molecule has 0 aliphatic carbocycles. The third-order valence-electron chi connectivity index (χ3n) is 2.09. The first-order valence-electron chi connectivity index (χ1n) is 4.53. The number of aliphatic carboxylic acids is 1. The van der Waals surface area contributed by atoms with E-state index in [-0.39, 0.29) is 12.2 Å². The maximum absolute atomic E-state index is 11.7. The van der Waals surface area contributed by atoms with Crippen molar-refractivity contribution in [2.75, 3.05) is 0 Å². The third kappa shape index (κ3) is 3.16. The maximum atomic E-state index is 11.7. The van der Waals surface area contributed by atoms with Crippen LogP contribution in [0.5, 0.6) is 0 Å². The summed E-state index contributed by atoms with van der Waals surface area (Å²) in [6.07, 6.45) is 0.0257. The fraction of sp³-hybridized carbons (Fsp3) is 0.273. The molecule has 1 atom stereocenters. The van der Waals surface area contributed by atoms with E-state index < -0.39 is 11.9 Å². The van der Waals surface area contributed by atoms with E-state index in [1.165, 1.54) is 6.92 Å². The number of carbonyl (C=O) groups excluding carboxylic acids is 1. The van der Waals surface area contributed by atoms with Crippen LogP contribution in [0.15, 0.2) is 28.7 Å². The molecule has 0 aliphatic heterocycles. The van der Waals surface area contributed by atoms with E-state index in [0.717, 1.165) is 0 Å². The Kier molecular flexibility index (Phi) is 4.03. The molecule has 80 valence electrons. The van der Waals surface area contributed by atoms with Gasteiger partial charge in [-0.2, -0.15) is 0 Å². The van der Waals surface area contributed by atoms with Crippen LogP contribution in [0, 0.1) is 5.92 Å². The van der Waals surface area contributed by atoms with Crippen LogP contribution in [0.1, 0.15) is 23.7 Å².